The first-order valence-electron chi connectivity index (χ1n) is 9.49. The Morgan fingerprint density at radius 2 is 2.21 bits per heavy atom. The molecule has 2 heterocycles. The number of rotatable bonds is 6. The van der Waals surface area contributed by atoms with Crippen molar-refractivity contribution < 1.29 is 14.3 Å². The van der Waals surface area contributed by atoms with E-state index in [1.165, 1.54) is 11.3 Å². The molecule has 0 aliphatic carbocycles. The topological polar surface area (TPSA) is 60.5 Å². The van der Waals surface area contributed by atoms with Crippen LogP contribution in [0.3, 0.4) is 0 Å². The van der Waals surface area contributed by atoms with Gasteiger partial charge in [0.2, 0.25) is 5.91 Å². The van der Waals surface area contributed by atoms with Crippen molar-refractivity contribution in [3.05, 3.63) is 58.1 Å². The minimum absolute atomic E-state index is 0.128. The Morgan fingerprint density at radius 1 is 1.38 bits per heavy atom. The number of nitrogens with zero attached hydrogens (tertiary/aromatic N) is 1. The van der Waals surface area contributed by atoms with E-state index in [1.807, 2.05) is 55.6 Å². The first kappa shape index (κ1) is 19.7. The lowest BCUT2D eigenvalue weighted by molar-refractivity contribution is -0.115. The largest absolute Gasteiger partial charge is 0.492 e. The van der Waals surface area contributed by atoms with Gasteiger partial charge in [0.1, 0.15) is 22.6 Å². The molecule has 5 nitrogen and oxygen atoms in total. The van der Waals surface area contributed by atoms with Crippen molar-refractivity contribution in [2.45, 2.75) is 32.8 Å². The van der Waals surface area contributed by atoms with E-state index in [-0.39, 0.29) is 18.4 Å². The maximum Gasteiger partial charge on any atom is 0.230 e. The zero-order chi connectivity index (χ0) is 20.4. The number of benzene rings is 2. The molecule has 0 fully saturated rings. The van der Waals surface area contributed by atoms with Gasteiger partial charge >= 0.3 is 0 Å². The van der Waals surface area contributed by atoms with E-state index in [0.29, 0.717) is 28.8 Å². The highest BCUT2D eigenvalue weighted by Crippen LogP contribution is 2.38. The van der Waals surface area contributed by atoms with Gasteiger partial charge in [-0.05, 0) is 26.0 Å². The third kappa shape index (κ3) is 4.38. The number of thiazole rings is 1. The molecule has 0 spiro atoms. The molecule has 4 rings (SSSR count). The molecule has 2 aromatic carbocycles. The lowest BCUT2D eigenvalue weighted by Gasteiger charge is -2.13. The van der Waals surface area contributed by atoms with Crippen LogP contribution in [0.2, 0.25) is 5.02 Å². The van der Waals surface area contributed by atoms with Crippen LogP contribution < -0.4 is 14.8 Å². The van der Waals surface area contributed by atoms with Crippen molar-refractivity contribution in [3.63, 3.8) is 0 Å². The molecule has 1 aliphatic rings. The summed E-state index contributed by atoms with van der Waals surface area (Å²) in [6, 6.07) is 11.3. The minimum Gasteiger partial charge on any atom is -0.492 e. The van der Waals surface area contributed by atoms with E-state index in [0.717, 1.165) is 28.3 Å². The monoisotopic (exact) mass is 428 g/mol. The molecular weight excluding hydrogens is 408 g/mol. The zero-order valence-corrected chi connectivity index (χ0v) is 17.8. The second-order valence-electron chi connectivity index (χ2n) is 6.87. The van der Waals surface area contributed by atoms with Crippen LogP contribution in [0.5, 0.6) is 11.5 Å². The summed E-state index contributed by atoms with van der Waals surface area (Å²) in [5, 5.41) is 6.27. The van der Waals surface area contributed by atoms with E-state index >= 15 is 0 Å². The summed E-state index contributed by atoms with van der Waals surface area (Å²) >= 11 is 7.72. The normalized spacial score (nSPS) is 14.9. The van der Waals surface area contributed by atoms with Gasteiger partial charge in [0.15, 0.2) is 0 Å². The molecular formula is C22H21ClN2O3S. The number of nitrogens with one attached hydrogen (secondary N) is 1. The van der Waals surface area contributed by atoms with E-state index in [9.17, 15) is 4.79 Å². The van der Waals surface area contributed by atoms with Crippen LogP contribution in [0.25, 0.3) is 10.6 Å². The van der Waals surface area contributed by atoms with Gasteiger partial charge in [-0.15, -0.1) is 11.3 Å². The summed E-state index contributed by atoms with van der Waals surface area (Å²) in [7, 11) is 0. The van der Waals surface area contributed by atoms with Gasteiger partial charge in [-0.1, -0.05) is 29.8 Å². The van der Waals surface area contributed by atoms with Gasteiger partial charge in [0, 0.05) is 29.0 Å². The van der Waals surface area contributed by atoms with Crippen molar-refractivity contribution >= 4 is 34.5 Å². The highest BCUT2D eigenvalue weighted by molar-refractivity contribution is 7.13. The number of halogens is 1. The molecule has 0 saturated heterocycles. The van der Waals surface area contributed by atoms with Crippen LogP contribution in [0.1, 0.15) is 25.1 Å². The lowest BCUT2D eigenvalue weighted by atomic mass is 10.1. The fraction of sp³-hybridized carbons (Fsp3) is 0.273. The molecule has 0 bridgehead atoms. The van der Waals surface area contributed by atoms with Gasteiger partial charge in [0.25, 0.3) is 0 Å². The van der Waals surface area contributed by atoms with Crippen LogP contribution in [-0.2, 0) is 17.6 Å². The number of hydrogen-bond donors (Lipinski definition) is 1. The Kier molecular flexibility index (Phi) is 5.74. The van der Waals surface area contributed by atoms with Crippen molar-refractivity contribution in [1.82, 2.24) is 4.98 Å². The molecule has 29 heavy (non-hydrogen) atoms. The summed E-state index contributed by atoms with van der Waals surface area (Å²) in [4.78, 5) is 17.2. The summed E-state index contributed by atoms with van der Waals surface area (Å²) < 4.78 is 11.5. The van der Waals surface area contributed by atoms with Gasteiger partial charge in [-0.3, -0.25) is 4.79 Å². The van der Waals surface area contributed by atoms with E-state index < -0.39 is 0 Å². The van der Waals surface area contributed by atoms with E-state index in [1.54, 1.807) is 0 Å². The summed E-state index contributed by atoms with van der Waals surface area (Å²) in [6.07, 6.45) is 1.14. The molecule has 0 saturated carbocycles. The second kappa shape index (κ2) is 8.43. The van der Waals surface area contributed by atoms with Gasteiger partial charge in [0.05, 0.1) is 29.4 Å². The quantitative estimate of drug-likeness (QED) is 0.573. The summed E-state index contributed by atoms with van der Waals surface area (Å²) in [5.41, 5.74) is 3.29. The molecule has 1 atom stereocenters. The molecule has 3 aromatic rings. The van der Waals surface area contributed by atoms with Crippen molar-refractivity contribution in [2.75, 3.05) is 11.9 Å². The highest BCUT2D eigenvalue weighted by Gasteiger charge is 2.23. The number of ether oxygens (including phenoxy) is 2. The third-order valence-electron chi connectivity index (χ3n) is 4.57. The number of amides is 1. The smallest absolute Gasteiger partial charge is 0.230 e. The minimum atomic E-state index is -0.159. The fourth-order valence-corrected chi connectivity index (χ4v) is 4.46. The zero-order valence-electron chi connectivity index (χ0n) is 16.2. The Bertz CT molecular complexity index is 1050. The van der Waals surface area contributed by atoms with Crippen molar-refractivity contribution in [3.8, 4) is 22.1 Å². The average molecular weight is 429 g/mol. The molecule has 7 heteroatoms. The molecule has 1 N–H and O–H groups in total. The molecule has 1 aliphatic heterocycles. The number of fused-ring (bicyclic) bond motifs is 1. The third-order valence-corrected chi connectivity index (χ3v) is 5.82. The number of aromatic nitrogens is 1. The Hall–Kier alpha value is -2.57. The van der Waals surface area contributed by atoms with E-state index in [4.69, 9.17) is 21.1 Å². The van der Waals surface area contributed by atoms with Crippen molar-refractivity contribution in [2.24, 2.45) is 0 Å². The van der Waals surface area contributed by atoms with Gasteiger partial charge in [-0.2, -0.15) is 0 Å². The predicted molar refractivity (Wildman–Crippen MR) is 116 cm³/mol. The van der Waals surface area contributed by atoms with Crippen molar-refractivity contribution in [1.29, 1.82) is 0 Å². The number of carbonyl (C=O) groups is 1. The van der Waals surface area contributed by atoms with Crippen LogP contribution in [0.15, 0.2) is 41.8 Å². The van der Waals surface area contributed by atoms with Gasteiger partial charge in [-0.25, -0.2) is 4.98 Å². The Balaban J connectivity index is 1.49. The number of carbonyl (C=O) groups excluding carboxylic acids is 1. The first-order chi connectivity index (χ1) is 14.0. The van der Waals surface area contributed by atoms with Gasteiger partial charge < -0.3 is 14.8 Å². The maximum atomic E-state index is 12.6. The molecule has 0 radical (unpaired) electrons. The molecule has 1 aromatic heterocycles. The predicted octanol–water partition coefficient (Wildman–Crippen LogP) is 5.37. The first-order valence-corrected chi connectivity index (χ1v) is 10.7. The molecule has 150 valence electrons. The maximum absolute atomic E-state index is 12.6. The molecule has 1 amide bonds. The average Bonchev–Trinajstić information content (AvgIpc) is 3.28. The second-order valence-corrected chi connectivity index (χ2v) is 8.14. The number of hydrogen-bond acceptors (Lipinski definition) is 5. The van der Waals surface area contributed by atoms with Crippen LogP contribution in [0, 0.1) is 0 Å². The lowest BCUT2D eigenvalue weighted by Crippen LogP contribution is -2.15. The van der Waals surface area contributed by atoms with Crippen LogP contribution >= 0.6 is 22.9 Å². The van der Waals surface area contributed by atoms with Crippen LogP contribution in [-0.4, -0.2) is 23.6 Å². The highest BCUT2D eigenvalue weighted by atomic mass is 35.5. The summed E-state index contributed by atoms with van der Waals surface area (Å²) in [5.74, 6) is 1.30. The van der Waals surface area contributed by atoms with Crippen LogP contribution in [0.4, 0.5) is 5.69 Å². The Morgan fingerprint density at radius 3 is 3.00 bits per heavy atom. The molecule has 0 unspecified atom stereocenters. The fourth-order valence-electron chi connectivity index (χ4n) is 3.32. The number of anilines is 1. The Labute approximate surface area is 178 Å². The summed E-state index contributed by atoms with van der Waals surface area (Å²) in [6.45, 7) is 4.46. The standard InChI is InChI=1S/C22H21ClN2O3S/c1-3-27-20-9-14-8-13(2)28-19(14)11-18(20)25-21(26)10-15-12-29-22(24-15)16-6-4-5-7-17(16)23/h4-7,9,11-13H,3,8,10H2,1-2H3,(H,25,26)/t13-/m1/s1. The SMILES string of the molecule is CCOc1cc2c(cc1NC(=O)Cc1csc(-c3ccccc3Cl)n1)O[C@H](C)C2. The van der Waals surface area contributed by atoms with E-state index in [2.05, 4.69) is 10.3 Å².